The van der Waals surface area contributed by atoms with E-state index in [4.69, 9.17) is 0 Å². The molecule has 0 saturated heterocycles. The number of sulfone groups is 1. The molecule has 0 saturated carbocycles. The second kappa shape index (κ2) is 7.31. The number of aromatic nitrogens is 5. The van der Waals surface area contributed by atoms with Crippen molar-refractivity contribution < 1.29 is 8.42 Å². The maximum absolute atomic E-state index is 12.5. The Bertz CT molecular complexity index is 1080. The second-order valence-electron chi connectivity index (χ2n) is 7.22. The topological polar surface area (TPSA) is 103 Å². The van der Waals surface area contributed by atoms with Crippen molar-refractivity contribution in [2.24, 2.45) is 5.92 Å². The van der Waals surface area contributed by atoms with Gasteiger partial charge in [-0.2, -0.15) is 15.1 Å². The van der Waals surface area contributed by atoms with Crippen molar-refractivity contribution in [3.63, 3.8) is 0 Å². The minimum Gasteiger partial charge on any atom is -0.347 e. The fourth-order valence-electron chi connectivity index (χ4n) is 3.45. The molecule has 146 valence electrons. The van der Waals surface area contributed by atoms with Crippen molar-refractivity contribution in [3.05, 3.63) is 54.1 Å². The van der Waals surface area contributed by atoms with E-state index in [0.29, 0.717) is 23.2 Å². The Kier molecular flexibility index (Phi) is 4.84. The van der Waals surface area contributed by atoms with Crippen LogP contribution in [0.4, 0.5) is 5.95 Å². The molecule has 0 spiro atoms. The summed E-state index contributed by atoms with van der Waals surface area (Å²) >= 11 is 0. The van der Waals surface area contributed by atoms with Gasteiger partial charge >= 0.3 is 0 Å². The molecular weight excluding hydrogens is 376 g/mol. The zero-order valence-electron chi connectivity index (χ0n) is 15.8. The molecule has 0 fully saturated rings. The van der Waals surface area contributed by atoms with Crippen LogP contribution in [0.3, 0.4) is 0 Å². The number of anilines is 1. The summed E-state index contributed by atoms with van der Waals surface area (Å²) in [5.74, 6) is 1.23. The normalized spacial score (nSPS) is 16.5. The lowest BCUT2D eigenvalue weighted by molar-refractivity contribution is 0.539. The van der Waals surface area contributed by atoms with E-state index in [-0.39, 0.29) is 17.7 Å². The van der Waals surface area contributed by atoms with Crippen molar-refractivity contribution in [3.8, 4) is 5.95 Å². The maximum atomic E-state index is 12.5. The molecule has 28 heavy (non-hydrogen) atoms. The number of nitrogens with zero attached hydrogens (tertiary/aromatic N) is 5. The van der Waals surface area contributed by atoms with Crippen LogP contribution in [0.25, 0.3) is 5.95 Å². The summed E-state index contributed by atoms with van der Waals surface area (Å²) in [5, 5.41) is 7.47. The highest BCUT2D eigenvalue weighted by atomic mass is 32.2. The van der Waals surface area contributed by atoms with Crippen LogP contribution in [0, 0.1) is 5.92 Å². The van der Waals surface area contributed by atoms with Gasteiger partial charge in [0.1, 0.15) is 6.33 Å². The zero-order valence-corrected chi connectivity index (χ0v) is 16.6. The number of aryl methyl sites for hydroxylation is 1. The summed E-state index contributed by atoms with van der Waals surface area (Å²) in [5.41, 5.74) is 1.80. The van der Waals surface area contributed by atoms with Gasteiger partial charge in [0.2, 0.25) is 5.95 Å². The van der Waals surface area contributed by atoms with Gasteiger partial charge in [-0.15, -0.1) is 0 Å². The SMILES string of the molecule is CC(C)[C@H](Nc1ncnc(-n2cccn2)n1)c1ccc2c(c1)S(=O)(=O)CCC2. The molecule has 1 aromatic carbocycles. The lowest BCUT2D eigenvalue weighted by Crippen LogP contribution is -2.21. The molecule has 3 aromatic rings. The van der Waals surface area contributed by atoms with E-state index >= 15 is 0 Å². The van der Waals surface area contributed by atoms with Crippen LogP contribution in [0.2, 0.25) is 0 Å². The van der Waals surface area contributed by atoms with Crippen LogP contribution in [0.1, 0.15) is 37.4 Å². The molecule has 8 nitrogen and oxygen atoms in total. The number of hydrogen-bond acceptors (Lipinski definition) is 7. The minimum atomic E-state index is -3.21. The number of rotatable bonds is 5. The Morgan fingerprint density at radius 3 is 2.82 bits per heavy atom. The van der Waals surface area contributed by atoms with Gasteiger partial charge in [-0.05, 0) is 42.0 Å². The van der Waals surface area contributed by atoms with Gasteiger partial charge in [-0.25, -0.2) is 18.1 Å². The van der Waals surface area contributed by atoms with Gasteiger partial charge in [0.25, 0.3) is 5.95 Å². The standard InChI is InChI=1S/C19H22N6O2S/c1-13(2)17(15-7-6-14-5-3-10-28(26,27)16(14)11-15)23-18-20-12-21-19(24-18)25-9-4-8-22-25/h4,6-9,11-13,17H,3,5,10H2,1-2H3,(H,20,21,23,24)/t17-/m0/s1. The van der Waals surface area contributed by atoms with E-state index in [1.54, 1.807) is 29.2 Å². The number of benzene rings is 1. The molecule has 1 atom stereocenters. The van der Waals surface area contributed by atoms with Gasteiger partial charge in [0.15, 0.2) is 9.84 Å². The number of hydrogen-bond donors (Lipinski definition) is 1. The van der Waals surface area contributed by atoms with Crippen molar-refractivity contribution >= 4 is 15.8 Å². The molecule has 2 aromatic heterocycles. The Hall–Kier alpha value is -2.81. The van der Waals surface area contributed by atoms with Crippen LogP contribution in [0.5, 0.6) is 0 Å². The molecule has 0 aliphatic carbocycles. The van der Waals surface area contributed by atoms with Crippen LogP contribution < -0.4 is 5.32 Å². The smallest absolute Gasteiger partial charge is 0.255 e. The Morgan fingerprint density at radius 1 is 1.21 bits per heavy atom. The minimum absolute atomic E-state index is 0.143. The molecule has 1 N–H and O–H groups in total. The Labute approximate surface area is 164 Å². The van der Waals surface area contributed by atoms with Crippen LogP contribution in [-0.2, 0) is 16.3 Å². The van der Waals surface area contributed by atoms with Crippen LogP contribution >= 0.6 is 0 Å². The second-order valence-corrected chi connectivity index (χ2v) is 9.29. The summed E-state index contributed by atoms with van der Waals surface area (Å²) in [6.45, 7) is 4.14. The molecule has 0 radical (unpaired) electrons. The Balaban J connectivity index is 1.67. The van der Waals surface area contributed by atoms with Gasteiger partial charge in [0, 0.05) is 12.4 Å². The maximum Gasteiger partial charge on any atom is 0.255 e. The largest absolute Gasteiger partial charge is 0.347 e. The fraction of sp³-hybridized carbons (Fsp3) is 0.368. The predicted molar refractivity (Wildman–Crippen MR) is 105 cm³/mol. The quantitative estimate of drug-likeness (QED) is 0.704. The van der Waals surface area contributed by atoms with Crippen molar-refractivity contribution in [2.45, 2.75) is 37.6 Å². The molecule has 3 heterocycles. The molecule has 9 heteroatoms. The molecule has 0 amide bonds. The number of nitrogens with one attached hydrogen (secondary N) is 1. The highest BCUT2D eigenvalue weighted by Gasteiger charge is 2.26. The lowest BCUT2D eigenvalue weighted by Gasteiger charge is -2.25. The third-order valence-corrected chi connectivity index (χ3v) is 6.74. The highest BCUT2D eigenvalue weighted by Crippen LogP contribution is 2.31. The first-order valence-corrected chi connectivity index (χ1v) is 10.9. The first kappa shape index (κ1) is 18.5. The molecule has 1 aliphatic rings. The van der Waals surface area contributed by atoms with Crippen molar-refractivity contribution in [2.75, 3.05) is 11.1 Å². The van der Waals surface area contributed by atoms with E-state index in [2.05, 4.69) is 39.2 Å². The molecule has 0 unspecified atom stereocenters. The predicted octanol–water partition coefficient (Wildman–Crippen LogP) is 2.59. The van der Waals surface area contributed by atoms with Crippen molar-refractivity contribution in [1.82, 2.24) is 24.7 Å². The number of fused-ring (bicyclic) bond motifs is 1. The molecular formula is C19H22N6O2S. The van der Waals surface area contributed by atoms with Crippen molar-refractivity contribution in [1.29, 1.82) is 0 Å². The van der Waals surface area contributed by atoms with Crippen LogP contribution in [0.15, 0.2) is 47.9 Å². The molecule has 1 aliphatic heterocycles. The first-order valence-electron chi connectivity index (χ1n) is 9.25. The van der Waals surface area contributed by atoms with Crippen LogP contribution in [-0.4, -0.2) is 38.9 Å². The lowest BCUT2D eigenvalue weighted by atomic mass is 9.94. The first-order chi connectivity index (χ1) is 13.4. The zero-order chi connectivity index (χ0) is 19.7. The molecule has 0 bridgehead atoms. The van der Waals surface area contributed by atoms with Gasteiger partial charge in [-0.3, -0.25) is 0 Å². The van der Waals surface area contributed by atoms with Gasteiger partial charge < -0.3 is 5.32 Å². The summed E-state index contributed by atoms with van der Waals surface area (Å²) in [6.07, 6.45) is 6.33. The average Bonchev–Trinajstić information content (AvgIpc) is 3.21. The molecule has 4 rings (SSSR count). The monoisotopic (exact) mass is 398 g/mol. The highest BCUT2D eigenvalue weighted by molar-refractivity contribution is 7.91. The third kappa shape index (κ3) is 3.62. The summed E-state index contributed by atoms with van der Waals surface area (Å²) in [7, 11) is -3.21. The Morgan fingerprint density at radius 2 is 2.07 bits per heavy atom. The van der Waals surface area contributed by atoms with Gasteiger partial charge in [-0.1, -0.05) is 26.0 Å². The third-order valence-electron chi connectivity index (χ3n) is 4.86. The fourth-order valence-corrected chi connectivity index (χ4v) is 5.08. The summed E-state index contributed by atoms with van der Waals surface area (Å²) < 4.78 is 26.5. The van der Waals surface area contributed by atoms with E-state index in [0.717, 1.165) is 17.5 Å². The average molecular weight is 398 g/mol. The summed E-state index contributed by atoms with van der Waals surface area (Å²) in [6, 6.07) is 7.38. The van der Waals surface area contributed by atoms with E-state index in [9.17, 15) is 8.42 Å². The van der Waals surface area contributed by atoms with E-state index in [1.165, 1.54) is 6.33 Å². The van der Waals surface area contributed by atoms with Gasteiger partial charge in [0.05, 0.1) is 16.7 Å². The van der Waals surface area contributed by atoms with E-state index in [1.807, 2.05) is 12.1 Å². The summed E-state index contributed by atoms with van der Waals surface area (Å²) in [4.78, 5) is 13.2. The van der Waals surface area contributed by atoms with E-state index < -0.39 is 9.84 Å².